The average Bonchev–Trinajstić information content (AvgIpc) is 3.03. The largest absolute Gasteiger partial charge is 0.462 e. The maximum absolute atomic E-state index is 12.1. The summed E-state index contributed by atoms with van der Waals surface area (Å²) in [6.45, 7) is 3.96. The Labute approximate surface area is 277 Å². The van der Waals surface area contributed by atoms with Crippen LogP contribution in [0.2, 0.25) is 0 Å². The van der Waals surface area contributed by atoms with E-state index in [9.17, 15) is 19.8 Å². The molecule has 262 valence electrons. The number of unbranched alkanes of at least 4 members (excludes halogenated alkanes) is 18. The summed E-state index contributed by atoms with van der Waals surface area (Å²) < 4.78 is 10.5. The van der Waals surface area contributed by atoms with Crippen LogP contribution in [0.3, 0.4) is 0 Å². The number of aliphatic hydroxyl groups is 2. The summed E-state index contributed by atoms with van der Waals surface area (Å²) in [5.74, 6) is -0.786. The molecule has 2 N–H and O–H groups in total. The Morgan fingerprint density at radius 2 is 1.16 bits per heavy atom. The van der Waals surface area contributed by atoms with Gasteiger partial charge in [-0.05, 0) is 38.5 Å². The number of esters is 2. The maximum Gasteiger partial charge on any atom is 0.306 e. The zero-order valence-electron chi connectivity index (χ0n) is 29.2. The molecule has 0 spiro atoms. The normalized spacial score (nSPS) is 13.2. The number of ether oxygens (including phenoxy) is 2. The minimum absolute atomic E-state index is 0.152. The molecule has 6 heteroatoms. The van der Waals surface area contributed by atoms with Crippen LogP contribution in [0.1, 0.15) is 174 Å². The van der Waals surface area contributed by atoms with Crippen LogP contribution < -0.4 is 0 Å². The van der Waals surface area contributed by atoms with E-state index < -0.39 is 18.2 Å². The summed E-state index contributed by atoms with van der Waals surface area (Å²) in [5.41, 5.74) is 0. The number of carbonyl (C=O) groups excluding carboxylic acids is 2. The molecule has 0 aromatic rings. The molecule has 0 heterocycles. The third-order valence-electron chi connectivity index (χ3n) is 8.04. The average molecular weight is 635 g/mol. The molecule has 6 nitrogen and oxygen atoms in total. The van der Waals surface area contributed by atoms with Gasteiger partial charge in [0, 0.05) is 12.8 Å². The van der Waals surface area contributed by atoms with E-state index in [1.54, 1.807) is 6.08 Å². The molecule has 0 aromatic heterocycles. The summed E-state index contributed by atoms with van der Waals surface area (Å²) in [6, 6.07) is 0. The highest BCUT2D eigenvalue weighted by molar-refractivity contribution is 5.70. The Hall–Kier alpha value is -1.92. The smallest absolute Gasteiger partial charge is 0.306 e. The molecule has 0 aliphatic carbocycles. The van der Waals surface area contributed by atoms with Gasteiger partial charge in [-0.2, -0.15) is 0 Å². The van der Waals surface area contributed by atoms with E-state index in [1.807, 2.05) is 12.2 Å². The fourth-order valence-electron chi connectivity index (χ4n) is 5.15. The van der Waals surface area contributed by atoms with Crippen molar-refractivity contribution < 1.29 is 29.3 Å². The minimum Gasteiger partial charge on any atom is -0.462 e. The fourth-order valence-corrected chi connectivity index (χ4v) is 5.15. The molecule has 0 amide bonds. The first-order valence-electron chi connectivity index (χ1n) is 18.7. The van der Waals surface area contributed by atoms with Crippen LogP contribution >= 0.6 is 0 Å². The Balaban J connectivity index is 3.76. The summed E-state index contributed by atoms with van der Waals surface area (Å²) in [4.78, 5) is 24.2. The monoisotopic (exact) mass is 635 g/mol. The van der Waals surface area contributed by atoms with Crippen LogP contribution in [0.4, 0.5) is 0 Å². The highest BCUT2D eigenvalue weighted by Gasteiger charge is 2.16. The molecule has 0 saturated heterocycles. The van der Waals surface area contributed by atoms with Gasteiger partial charge in [0.05, 0.1) is 12.7 Å². The fraction of sp³-hybridized carbons (Fsp3) is 0.795. The highest BCUT2D eigenvalue weighted by atomic mass is 16.6. The topological polar surface area (TPSA) is 93.1 Å². The lowest BCUT2D eigenvalue weighted by Crippen LogP contribution is -2.28. The lowest BCUT2D eigenvalue weighted by atomic mass is 10.0. The third-order valence-corrected chi connectivity index (χ3v) is 8.04. The lowest BCUT2D eigenvalue weighted by Gasteiger charge is -2.16. The SMILES string of the molecule is CCCCCCCC/C=C/C/C=C/C=C/C(O)CCCC(=O)OC[C@H](CO)OC(=O)CCCCCCCCCCCCCCC. The van der Waals surface area contributed by atoms with Crippen molar-refractivity contribution in [3.63, 3.8) is 0 Å². The zero-order valence-corrected chi connectivity index (χ0v) is 29.2. The lowest BCUT2D eigenvalue weighted by molar-refractivity contribution is -0.161. The molecular weight excluding hydrogens is 564 g/mol. The van der Waals surface area contributed by atoms with Gasteiger partial charge >= 0.3 is 11.9 Å². The Bertz CT molecular complexity index is 744. The van der Waals surface area contributed by atoms with Crippen LogP contribution in [-0.4, -0.2) is 47.6 Å². The van der Waals surface area contributed by atoms with Crippen molar-refractivity contribution in [1.29, 1.82) is 0 Å². The van der Waals surface area contributed by atoms with Gasteiger partial charge in [0.2, 0.25) is 0 Å². The van der Waals surface area contributed by atoms with Gasteiger partial charge in [-0.25, -0.2) is 0 Å². The van der Waals surface area contributed by atoms with E-state index in [0.717, 1.165) is 32.1 Å². The van der Waals surface area contributed by atoms with Crippen LogP contribution in [0.25, 0.3) is 0 Å². The van der Waals surface area contributed by atoms with Gasteiger partial charge in [0.1, 0.15) is 6.61 Å². The van der Waals surface area contributed by atoms with E-state index in [4.69, 9.17) is 9.47 Å². The van der Waals surface area contributed by atoms with Crippen LogP contribution in [-0.2, 0) is 19.1 Å². The van der Waals surface area contributed by atoms with Crippen LogP contribution in [0.5, 0.6) is 0 Å². The quantitative estimate of drug-likeness (QED) is 0.0323. The molecule has 0 rings (SSSR count). The molecule has 0 fully saturated rings. The molecule has 0 aromatic carbocycles. The molecule has 1 unspecified atom stereocenters. The van der Waals surface area contributed by atoms with Gasteiger partial charge in [-0.3, -0.25) is 9.59 Å². The number of hydrogen-bond acceptors (Lipinski definition) is 6. The molecule has 2 atom stereocenters. The first-order chi connectivity index (χ1) is 22.0. The summed E-state index contributed by atoms with van der Waals surface area (Å²) >= 11 is 0. The first kappa shape index (κ1) is 43.1. The van der Waals surface area contributed by atoms with E-state index in [-0.39, 0.29) is 25.6 Å². The Morgan fingerprint density at radius 3 is 1.73 bits per heavy atom. The predicted molar refractivity (Wildman–Crippen MR) is 188 cm³/mol. The second kappa shape index (κ2) is 34.9. The zero-order chi connectivity index (χ0) is 33.1. The number of allylic oxidation sites excluding steroid dienone is 5. The van der Waals surface area contributed by atoms with Crippen LogP contribution in [0.15, 0.2) is 36.5 Å². The van der Waals surface area contributed by atoms with Crippen molar-refractivity contribution in [2.45, 2.75) is 187 Å². The van der Waals surface area contributed by atoms with Crippen LogP contribution in [0, 0.1) is 0 Å². The van der Waals surface area contributed by atoms with E-state index in [0.29, 0.717) is 19.3 Å². The van der Waals surface area contributed by atoms with Crippen molar-refractivity contribution in [2.75, 3.05) is 13.2 Å². The van der Waals surface area contributed by atoms with Gasteiger partial charge < -0.3 is 19.7 Å². The second-order valence-corrected chi connectivity index (χ2v) is 12.5. The first-order valence-corrected chi connectivity index (χ1v) is 18.7. The van der Waals surface area contributed by atoms with Crippen molar-refractivity contribution >= 4 is 11.9 Å². The summed E-state index contributed by atoms with van der Waals surface area (Å²) in [7, 11) is 0. The predicted octanol–water partition coefficient (Wildman–Crippen LogP) is 10.3. The second-order valence-electron chi connectivity index (χ2n) is 12.5. The summed E-state index contributed by atoms with van der Waals surface area (Å²) in [6.07, 6.45) is 38.0. The van der Waals surface area contributed by atoms with Gasteiger partial charge in [-0.15, -0.1) is 0 Å². The molecule has 45 heavy (non-hydrogen) atoms. The highest BCUT2D eigenvalue weighted by Crippen LogP contribution is 2.14. The molecule has 0 aliphatic rings. The molecule has 0 aliphatic heterocycles. The third kappa shape index (κ3) is 33.3. The van der Waals surface area contributed by atoms with Crippen molar-refractivity contribution in [2.24, 2.45) is 0 Å². The van der Waals surface area contributed by atoms with Crippen molar-refractivity contribution in [1.82, 2.24) is 0 Å². The Morgan fingerprint density at radius 1 is 0.622 bits per heavy atom. The molecule has 0 saturated carbocycles. The Kier molecular flexibility index (Phi) is 33.5. The standard InChI is InChI=1S/C39H70O6/c1-3-5-7-9-11-13-15-17-19-21-23-25-27-30-36(41)31-29-33-38(42)44-35-37(34-40)45-39(43)32-28-26-24-22-20-18-16-14-12-10-8-6-4-2/h17,19,23,25,27,30,36-37,40-41H,3-16,18,20-22,24,26,28-29,31-35H2,1-2H3/b19-17+,25-23+,30-27+/t36?,37-/m0/s1. The van der Waals surface area contributed by atoms with E-state index in [2.05, 4.69) is 32.1 Å². The van der Waals surface area contributed by atoms with Gasteiger partial charge in [-0.1, -0.05) is 159 Å². The maximum atomic E-state index is 12.1. The van der Waals surface area contributed by atoms with E-state index >= 15 is 0 Å². The number of hydrogen-bond donors (Lipinski definition) is 2. The summed E-state index contributed by atoms with van der Waals surface area (Å²) in [5, 5.41) is 19.6. The van der Waals surface area contributed by atoms with Gasteiger partial charge in [0.25, 0.3) is 0 Å². The van der Waals surface area contributed by atoms with Crippen molar-refractivity contribution in [3.05, 3.63) is 36.5 Å². The molecular formula is C39H70O6. The number of aliphatic hydroxyl groups excluding tert-OH is 2. The van der Waals surface area contributed by atoms with E-state index in [1.165, 1.54) is 103 Å². The number of rotatable bonds is 33. The number of carbonyl (C=O) groups is 2. The van der Waals surface area contributed by atoms with Crippen molar-refractivity contribution in [3.8, 4) is 0 Å². The van der Waals surface area contributed by atoms with Gasteiger partial charge in [0.15, 0.2) is 6.10 Å². The molecule has 0 bridgehead atoms. The minimum atomic E-state index is -0.839. The molecule has 0 radical (unpaired) electrons.